The summed E-state index contributed by atoms with van der Waals surface area (Å²) in [7, 11) is 1.51. The molecule has 8 heteroatoms. The number of rotatable bonds is 4. The van der Waals surface area contributed by atoms with Gasteiger partial charge in [0.25, 0.3) is 0 Å². The van der Waals surface area contributed by atoms with Crippen LogP contribution in [0.4, 0.5) is 19.0 Å². The Balaban J connectivity index is 2.53. The molecule has 2 aromatic rings. The molecular weight excluding hydrogens is 271 g/mol. The number of aromatic nitrogens is 4. The van der Waals surface area contributed by atoms with Gasteiger partial charge in [0.1, 0.15) is 5.82 Å². The number of halogens is 3. The molecule has 0 saturated carbocycles. The molecule has 0 spiro atoms. The van der Waals surface area contributed by atoms with E-state index in [0.29, 0.717) is 12.2 Å². The Morgan fingerprint density at radius 3 is 2.65 bits per heavy atom. The van der Waals surface area contributed by atoms with E-state index in [-0.39, 0.29) is 11.5 Å². The van der Waals surface area contributed by atoms with E-state index in [1.165, 1.54) is 13.1 Å². The van der Waals surface area contributed by atoms with Crippen molar-refractivity contribution in [2.24, 2.45) is 0 Å². The summed E-state index contributed by atoms with van der Waals surface area (Å²) in [6.45, 7) is 2.58. The van der Waals surface area contributed by atoms with Crippen molar-refractivity contribution in [2.75, 3.05) is 12.4 Å². The lowest BCUT2D eigenvalue weighted by atomic mass is 10.2. The van der Waals surface area contributed by atoms with Gasteiger partial charge in [0.05, 0.1) is 11.4 Å². The standard InChI is InChI=1S/C12H14F3N5/c1-3-6-20-9(4-5-17-20)8-7-10(16-2)19-11(18-8)12(13,14)15/h4-5,7H,3,6H2,1-2H3,(H,16,18,19). The lowest BCUT2D eigenvalue weighted by Gasteiger charge is -2.11. The van der Waals surface area contributed by atoms with Crippen LogP contribution in [-0.2, 0) is 12.7 Å². The van der Waals surface area contributed by atoms with Crippen LogP contribution in [0.3, 0.4) is 0 Å². The fourth-order valence-electron chi connectivity index (χ4n) is 1.77. The Kier molecular flexibility index (Phi) is 3.91. The van der Waals surface area contributed by atoms with Gasteiger partial charge in [-0.1, -0.05) is 6.92 Å². The second-order valence-electron chi connectivity index (χ2n) is 4.15. The molecule has 2 heterocycles. The first kappa shape index (κ1) is 14.3. The highest BCUT2D eigenvalue weighted by molar-refractivity contribution is 5.58. The fraction of sp³-hybridized carbons (Fsp3) is 0.417. The van der Waals surface area contributed by atoms with E-state index in [9.17, 15) is 13.2 Å². The molecule has 0 aliphatic carbocycles. The van der Waals surface area contributed by atoms with Gasteiger partial charge in [-0.15, -0.1) is 0 Å². The van der Waals surface area contributed by atoms with Gasteiger partial charge in [-0.2, -0.15) is 18.3 Å². The second kappa shape index (κ2) is 5.48. The summed E-state index contributed by atoms with van der Waals surface area (Å²) in [4.78, 5) is 7.03. The van der Waals surface area contributed by atoms with Gasteiger partial charge in [-0.25, -0.2) is 9.97 Å². The van der Waals surface area contributed by atoms with E-state index < -0.39 is 12.0 Å². The predicted molar refractivity (Wildman–Crippen MR) is 68.1 cm³/mol. The third-order valence-corrected chi connectivity index (χ3v) is 2.65. The van der Waals surface area contributed by atoms with Gasteiger partial charge < -0.3 is 5.32 Å². The molecular formula is C12H14F3N5. The van der Waals surface area contributed by atoms with Crippen LogP contribution in [0.5, 0.6) is 0 Å². The minimum absolute atomic E-state index is 0.117. The normalized spacial score (nSPS) is 11.7. The highest BCUT2D eigenvalue weighted by Gasteiger charge is 2.35. The Bertz CT molecular complexity index is 591. The van der Waals surface area contributed by atoms with Crippen LogP contribution < -0.4 is 5.32 Å². The molecule has 5 nitrogen and oxygen atoms in total. The highest BCUT2D eigenvalue weighted by Crippen LogP contribution is 2.29. The number of hydrogen-bond donors (Lipinski definition) is 1. The smallest absolute Gasteiger partial charge is 0.373 e. The average molecular weight is 285 g/mol. The molecule has 0 radical (unpaired) electrons. The number of hydrogen-bond acceptors (Lipinski definition) is 4. The summed E-state index contributed by atoms with van der Waals surface area (Å²) in [6.07, 6.45) is -2.22. The van der Waals surface area contributed by atoms with Crippen molar-refractivity contribution >= 4 is 5.82 Å². The number of nitrogens with zero attached hydrogens (tertiary/aromatic N) is 4. The molecule has 20 heavy (non-hydrogen) atoms. The maximum Gasteiger partial charge on any atom is 0.451 e. The van der Waals surface area contributed by atoms with Gasteiger partial charge in [-0.05, 0) is 12.5 Å². The zero-order valence-electron chi connectivity index (χ0n) is 11.1. The number of nitrogens with one attached hydrogen (secondary N) is 1. The van der Waals surface area contributed by atoms with E-state index in [1.54, 1.807) is 16.9 Å². The molecule has 0 saturated heterocycles. The van der Waals surface area contributed by atoms with Crippen molar-refractivity contribution < 1.29 is 13.2 Å². The largest absolute Gasteiger partial charge is 0.451 e. The Hall–Kier alpha value is -2.12. The highest BCUT2D eigenvalue weighted by atomic mass is 19.4. The fourth-order valence-corrected chi connectivity index (χ4v) is 1.77. The third-order valence-electron chi connectivity index (χ3n) is 2.65. The number of anilines is 1. The van der Waals surface area contributed by atoms with E-state index in [1.807, 2.05) is 6.92 Å². The zero-order chi connectivity index (χ0) is 14.8. The lowest BCUT2D eigenvalue weighted by molar-refractivity contribution is -0.144. The number of aryl methyl sites for hydroxylation is 1. The van der Waals surface area contributed by atoms with Crippen molar-refractivity contribution in [1.29, 1.82) is 0 Å². The third kappa shape index (κ3) is 2.89. The first-order valence-electron chi connectivity index (χ1n) is 6.12. The van der Waals surface area contributed by atoms with E-state index in [4.69, 9.17) is 0 Å². The zero-order valence-corrected chi connectivity index (χ0v) is 11.1. The monoisotopic (exact) mass is 285 g/mol. The molecule has 0 amide bonds. The topological polar surface area (TPSA) is 55.6 Å². The summed E-state index contributed by atoms with van der Waals surface area (Å²) in [5.41, 5.74) is 0.735. The van der Waals surface area contributed by atoms with Crippen molar-refractivity contribution in [3.63, 3.8) is 0 Å². The first-order chi connectivity index (χ1) is 9.45. The second-order valence-corrected chi connectivity index (χ2v) is 4.15. The summed E-state index contributed by atoms with van der Waals surface area (Å²) in [6, 6.07) is 3.11. The van der Waals surface area contributed by atoms with Gasteiger partial charge in [-0.3, -0.25) is 4.68 Å². The number of alkyl halides is 3. The van der Waals surface area contributed by atoms with E-state index in [0.717, 1.165) is 6.42 Å². The summed E-state index contributed by atoms with van der Waals surface area (Å²) < 4.78 is 40.0. The van der Waals surface area contributed by atoms with Gasteiger partial charge in [0.15, 0.2) is 0 Å². The summed E-state index contributed by atoms with van der Waals surface area (Å²) in [5, 5.41) is 6.70. The van der Waals surface area contributed by atoms with Gasteiger partial charge in [0, 0.05) is 25.9 Å². The summed E-state index contributed by atoms with van der Waals surface area (Å²) >= 11 is 0. The van der Waals surface area contributed by atoms with Crippen molar-refractivity contribution in [1.82, 2.24) is 19.7 Å². The van der Waals surface area contributed by atoms with Crippen LogP contribution in [0, 0.1) is 0 Å². The van der Waals surface area contributed by atoms with Crippen LogP contribution in [0.2, 0.25) is 0 Å². The molecule has 0 unspecified atom stereocenters. The SMILES string of the molecule is CCCn1nccc1-c1cc(NC)nc(C(F)(F)F)n1. The van der Waals surface area contributed by atoms with Crippen LogP contribution in [0.15, 0.2) is 18.3 Å². The molecule has 108 valence electrons. The minimum atomic E-state index is -4.59. The van der Waals surface area contributed by atoms with Gasteiger partial charge in [0.2, 0.25) is 5.82 Å². The van der Waals surface area contributed by atoms with E-state index in [2.05, 4.69) is 20.4 Å². The summed E-state index contributed by atoms with van der Waals surface area (Å²) in [5.74, 6) is -1.05. The molecule has 1 N–H and O–H groups in total. The van der Waals surface area contributed by atoms with Crippen molar-refractivity contribution in [2.45, 2.75) is 26.1 Å². The molecule has 0 aliphatic rings. The molecule has 2 aromatic heterocycles. The molecule has 0 bridgehead atoms. The van der Waals surface area contributed by atoms with Gasteiger partial charge >= 0.3 is 6.18 Å². The Labute approximate surface area is 113 Å². The molecule has 0 atom stereocenters. The maximum absolute atomic E-state index is 12.8. The Morgan fingerprint density at radius 1 is 1.30 bits per heavy atom. The first-order valence-corrected chi connectivity index (χ1v) is 6.12. The van der Waals surface area contributed by atoms with Crippen molar-refractivity contribution in [3.05, 3.63) is 24.2 Å². The minimum Gasteiger partial charge on any atom is -0.373 e. The van der Waals surface area contributed by atoms with Crippen LogP contribution in [0.1, 0.15) is 19.2 Å². The molecule has 0 aromatic carbocycles. The van der Waals surface area contributed by atoms with Crippen LogP contribution >= 0.6 is 0 Å². The predicted octanol–water partition coefficient (Wildman–Crippen LogP) is 2.81. The molecule has 0 aliphatic heterocycles. The molecule has 0 fully saturated rings. The lowest BCUT2D eigenvalue weighted by Crippen LogP contribution is -2.14. The quantitative estimate of drug-likeness (QED) is 0.938. The molecule has 2 rings (SSSR count). The Morgan fingerprint density at radius 2 is 2.05 bits per heavy atom. The van der Waals surface area contributed by atoms with Crippen molar-refractivity contribution in [3.8, 4) is 11.4 Å². The van der Waals surface area contributed by atoms with E-state index >= 15 is 0 Å². The average Bonchev–Trinajstić information content (AvgIpc) is 2.86. The maximum atomic E-state index is 12.8. The van der Waals surface area contributed by atoms with Crippen LogP contribution in [0.25, 0.3) is 11.4 Å². The van der Waals surface area contributed by atoms with Crippen LogP contribution in [-0.4, -0.2) is 26.8 Å².